The molecule has 0 fully saturated rings. The normalized spacial score (nSPS) is 12.7. The van der Waals surface area contributed by atoms with Gasteiger partial charge in [-0.05, 0) is 12.0 Å². The quantitative estimate of drug-likeness (QED) is 0.708. The van der Waals surface area contributed by atoms with Crippen LogP contribution in [0.15, 0.2) is 12.4 Å². The maximum Gasteiger partial charge on any atom is 0.320 e. The van der Waals surface area contributed by atoms with Crippen molar-refractivity contribution in [3.8, 4) is 0 Å². The van der Waals surface area contributed by atoms with E-state index < -0.39 is 12.0 Å². The number of hydrogen-bond donors (Lipinski definition) is 2. The number of rotatable bonds is 5. The molecule has 0 saturated heterocycles. The molecule has 0 aromatic carbocycles. The molecule has 14 heavy (non-hydrogen) atoms. The minimum atomic E-state index is -0.978. The van der Waals surface area contributed by atoms with Crippen LogP contribution in [-0.2, 0) is 17.8 Å². The zero-order valence-corrected chi connectivity index (χ0v) is 8.18. The van der Waals surface area contributed by atoms with E-state index in [0.29, 0.717) is 6.42 Å². The number of carbonyl (C=O) groups is 1. The Balaban J connectivity index is 2.55. The summed E-state index contributed by atoms with van der Waals surface area (Å²) in [5, 5.41) is 12.7. The molecule has 3 N–H and O–H groups in total. The molecule has 0 saturated carbocycles. The number of aromatic nitrogens is 2. The third kappa shape index (κ3) is 2.85. The largest absolute Gasteiger partial charge is 0.480 e. The minimum Gasteiger partial charge on any atom is -0.480 e. The van der Waals surface area contributed by atoms with Crippen molar-refractivity contribution < 1.29 is 9.90 Å². The SMILES string of the molecule is CCCn1cc(C[C@@H](N)C(=O)O)cn1. The van der Waals surface area contributed by atoms with Crippen LogP contribution in [-0.4, -0.2) is 26.9 Å². The molecule has 1 aromatic rings. The van der Waals surface area contributed by atoms with Crippen molar-refractivity contribution >= 4 is 5.97 Å². The van der Waals surface area contributed by atoms with E-state index in [0.717, 1.165) is 18.5 Å². The number of nitrogens with zero attached hydrogens (tertiary/aromatic N) is 2. The molecule has 1 aromatic heterocycles. The fourth-order valence-electron chi connectivity index (χ4n) is 1.20. The van der Waals surface area contributed by atoms with E-state index in [4.69, 9.17) is 10.8 Å². The van der Waals surface area contributed by atoms with E-state index in [1.54, 1.807) is 10.9 Å². The van der Waals surface area contributed by atoms with Crippen LogP contribution in [0.4, 0.5) is 0 Å². The van der Waals surface area contributed by atoms with Crippen molar-refractivity contribution in [3.05, 3.63) is 18.0 Å². The van der Waals surface area contributed by atoms with Gasteiger partial charge >= 0.3 is 5.97 Å². The van der Waals surface area contributed by atoms with Gasteiger partial charge in [0.1, 0.15) is 6.04 Å². The van der Waals surface area contributed by atoms with Gasteiger partial charge in [0.05, 0.1) is 6.20 Å². The fourth-order valence-corrected chi connectivity index (χ4v) is 1.20. The first kappa shape index (κ1) is 10.7. The second-order valence-electron chi connectivity index (χ2n) is 3.26. The molecule has 1 rings (SSSR count). The molecule has 0 aliphatic rings. The lowest BCUT2D eigenvalue weighted by Gasteiger charge is -2.02. The number of nitrogens with two attached hydrogens (primary N) is 1. The van der Waals surface area contributed by atoms with Crippen molar-refractivity contribution in [1.29, 1.82) is 0 Å². The summed E-state index contributed by atoms with van der Waals surface area (Å²) in [6.45, 7) is 2.91. The Kier molecular flexibility index (Phi) is 3.64. The van der Waals surface area contributed by atoms with Gasteiger partial charge in [0.25, 0.3) is 0 Å². The second-order valence-corrected chi connectivity index (χ2v) is 3.26. The smallest absolute Gasteiger partial charge is 0.320 e. The second kappa shape index (κ2) is 4.76. The van der Waals surface area contributed by atoms with Crippen LogP contribution in [0.1, 0.15) is 18.9 Å². The minimum absolute atomic E-state index is 0.332. The highest BCUT2D eigenvalue weighted by Gasteiger charge is 2.12. The molecule has 78 valence electrons. The van der Waals surface area contributed by atoms with E-state index in [1.807, 2.05) is 6.20 Å². The first-order chi connectivity index (χ1) is 6.63. The molecular weight excluding hydrogens is 182 g/mol. The molecule has 1 atom stereocenters. The average molecular weight is 197 g/mol. The van der Waals surface area contributed by atoms with Crippen molar-refractivity contribution in [2.24, 2.45) is 5.73 Å². The van der Waals surface area contributed by atoms with Crippen LogP contribution >= 0.6 is 0 Å². The average Bonchev–Trinajstić information content (AvgIpc) is 2.53. The lowest BCUT2D eigenvalue weighted by atomic mass is 10.1. The summed E-state index contributed by atoms with van der Waals surface area (Å²) in [4.78, 5) is 10.5. The molecule has 1 heterocycles. The van der Waals surface area contributed by atoms with Crippen LogP contribution in [0.2, 0.25) is 0 Å². The van der Waals surface area contributed by atoms with Crippen LogP contribution < -0.4 is 5.73 Å². The first-order valence-corrected chi connectivity index (χ1v) is 4.63. The Morgan fingerprint density at radius 2 is 2.50 bits per heavy atom. The van der Waals surface area contributed by atoms with E-state index in [1.165, 1.54) is 0 Å². The van der Waals surface area contributed by atoms with Gasteiger partial charge in [0.15, 0.2) is 0 Å². The van der Waals surface area contributed by atoms with Gasteiger partial charge in [-0.15, -0.1) is 0 Å². The number of carboxylic acid groups (broad SMARTS) is 1. The molecule has 0 spiro atoms. The molecule has 0 aliphatic carbocycles. The molecule has 5 heteroatoms. The third-order valence-electron chi connectivity index (χ3n) is 1.91. The Bertz CT molecular complexity index is 309. The van der Waals surface area contributed by atoms with Crippen LogP contribution in [0.25, 0.3) is 0 Å². The van der Waals surface area contributed by atoms with Gasteiger partial charge in [-0.1, -0.05) is 6.92 Å². The Morgan fingerprint density at radius 1 is 1.79 bits per heavy atom. The zero-order valence-electron chi connectivity index (χ0n) is 8.18. The van der Waals surface area contributed by atoms with E-state index in [2.05, 4.69) is 12.0 Å². The monoisotopic (exact) mass is 197 g/mol. The third-order valence-corrected chi connectivity index (χ3v) is 1.91. The van der Waals surface area contributed by atoms with Gasteiger partial charge in [0, 0.05) is 19.2 Å². The van der Waals surface area contributed by atoms with Crippen LogP contribution in [0.3, 0.4) is 0 Å². The molecule has 0 bridgehead atoms. The zero-order chi connectivity index (χ0) is 10.6. The van der Waals surface area contributed by atoms with Crippen molar-refractivity contribution in [3.63, 3.8) is 0 Å². The summed E-state index contributed by atoms with van der Waals surface area (Å²) in [6.07, 6.45) is 4.84. The van der Waals surface area contributed by atoms with Crippen molar-refractivity contribution in [2.45, 2.75) is 32.4 Å². The van der Waals surface area contributed by atoms with Gasteiger partial charge in [-0.25, -0.2) is 0 Å². The molecule has 0 unspecified atom stereocenters. The summed E-state index contributed by atoms with van der Waals surface area (Å²) in [5.74, 6) is -0.978. The van der Waals surface area contributed by atoms with E-state index >= 15 is 0 Å². The molecule has 5 nitrogen and oxygen atoms in total. The summed E-state index contributed by atoms with van der Waals surface area (Å²) in [6, 6.07) is -0.839. The molecular formula is C9H15N3O2. The summed E-state index contributed by atoms with van der Waals surface area (Å²) in [5.41, 5.74) is 6.26. The number of aryl methyl sites for hydroxylation is 1. The highest BCUT2D eigenvalue weighted by atomic mass is 16.4. The Labute approximate surface area is 82.5 Å². The molecule has 0 radical (unpaired) electrons. The van der Waals surface area contributed by atoms with Crippen LogP contribution in [0, 0.1) is 0 Å². The number of hydrogen-bond acceptors (Lipinski definition) is 3. The van der Waals surface area contributed by atoms with Gasteiger partial charge in [-0.3, -0.25) is 9.48 Å². The van der Waals surface area contributed by atoms with Crippen molar-refractivity contribution in [1.82, 2.24) is 9.78 Å². The number of carboxylic acids is 1. The molecule has 0 amide bonds. The summed E-state index contributed by atoms with van der Waals surface area (Å²) < 4.78 is 1.80. The lowest BCUT2D eigenvalue weighted by Crippen LogP contribution is -2.32. The summed E-state index contributed by atoms with van der Waals surface area (Å²) >= 11 is 0. The number of aliphatic carboxylic acids is 1. The van der Waals surface area contributed by atoms with E-state index in [9.17, 15) is 4.79 Å². The predicted octanol–water partition coefficient (Wildman–Crippen LogP) is 0.247. The Hall–Kier alpha value is -1.36. The van der Waals surface area contributed by atoms with Crippen LogP contribution in [0.5, 0.6) is 0 Å². The van der Waals surface area contributed by atoms with E-state index in [-0.39, 0.29) is 0 Å². The first-order valence-electron chi connectivity index (χ1n) is 4.63. The van der Waals surface area contributed by atoms with Gasteiger partial charge < -0.3 is 10.8 Å². The van der Waals surface area contributed by atoms with Gasteiger partial charge in [0.2, 0.25) is 0 Å². The highest BCUT2D eigenvalue weighted by molar-refractivity contribution is 5.73. The maximum absolute atomic E-state index is 10.5. The maximum atomic E-state index is 10.5. The topological polar surface area (TPSA) is 81.1 Å². The standard InChI is InChI=1S/C9H15N3O2/c1-2-3-12-6-7(5-11-12)4-8(10)9(13)14/h5-6,8H,2-4,10H2,1H3,(H,13,14)/t8-/m1/s1. The predicted molar refractivity (Wildman–Crippen MR) is 51.8 cm³/mol. The van der Waals surface area contributed by atoms with Gasteiger partial charge in [-0.2, -0.15) is 5.10 Å². The Morgan fingerprint density at radius 3 is 3.07 bits per heavy atom. The highest BCUT2D eigenvalue weighted by Crippen LogP contribution is 2.02. The fraction of sp³-hybridized carbons (Fsp3) is 0.556. The summed E-state index contributed by atoms with van der Waals surface area (Å²) in [7, 11) is 0. The van der Waals surface area contributed by atoms with Crippen molar-refractivity contribution in [2.75, 3.05) is 0 Å². The lowest BCUT2D eigenvalue weighted by molar-refractivity contribution is -0.138. The molecule has 0 aliphatic heterocycles.